The number of aliphatic hydroxyl groups is 1. The van der Waals surface area contributed by atoms with Gasteiger partial charge >= 0.3 is 0 Å². The van der Waals surface area contributed by atoms with Crippen molar-refractivity contribution < 1.29 is 5.11 Å². The van der Waals surface area contributed by atoms with Crippen molar-refractivity contribution in [3.8, 4) is 0 Å². The molecule has 0 amide bonds. The Morgan fingerprint density at radius 1 is 1.08 bits per heavy atom. The van der Waals surface area contributed by atoms with E-state index in [0.29, 0.717) is 6.61 Å². The van der Waals surface area contributed by atoms with Gasteiger partial charge in [0.2, 0.25) is 0 Å². The van der Waals surface area contributed by atoms with Crippen LogP contribution in [0.5, 0.6) is 0 Å². The summed E-state index contributed by atoms with van der Waals surface area (Å²) in [5, 5.41) is 9.49. The van der Waals surface area contributed by atoms with E-state index < -0.39 is 0 Å². The monoisotopic (exact) mass is 185 g/mol. The minimum absolute atomic E-state index is 0.0838. The van der Waals surface area contributed by atoms with Gasteiger partial charge in [0.15, 0.2) is 0 Å². The first-order chi connectivity index (χ1) is 6.29. The van der Waals surface area contributed by atoms with E-state index in [4.69, 9.17) is 0 Å². The molecule has 1 aliphatic rings. The standard InChI is InChI=1S/C11H23NO/c1-3-11(4-2,10-13)12-8-6-5-7-9-12/h13H,3-10H2,1-2H3. The highest BCUT2D eigenvalue weighted by atomic mass is 16.3. The second-order valence-corrected chi connectivity index (χ2v) is 4.14. The van der Waals surface area contributed by atoms with Gasteiger partial charge in [-0.3, -0.25) is 4.90 Å². The molecule has 1 aliphatic heterocycles. The van der Waals surface area contributed by atoms with E-state index in [1.807, 2.05) is 0 Å². The summed E-state index contributed by atoms with van der Waals surface area (Å²) in [4.78, 5) is 2.50. The molecule has 1 saturated heterocycles. The SMILES string of the molecule is CCC(CC)(CO)N1CCCCC1. The molecule has 2 nitrogen and oxygen atoms in total. The third-order valence-corrected chi connectivity index (χ3v) is 3.64. The van der Waals surface area contributed by atoms with Gasteiger partial charge in [-0.1, -0.05) is 20.3 Å². The van der Waals surface area contributed by atoms with Gasteiger partial charge in [-0.2, -0.15) is 0 Å². The molecular formula is C11H23NO. The summed E-state index contributed by atoms with van der Waals surface area (Å²) in [7, 11) is 0. The van der Waals surface area contributed by atoms with E-state index in [1.165, 1.54) is 32.4 Å². The first-order valence-corrected chi connectivity index (χ1v) is 5.65. The van der Waals surface area contributed by atoms with Crippen molar-refractivity contribution in [1.29, 1.82) is 0 Å². The second-order valence-electron chi connectivity index (χ2n) is 4.14. The molecule has 0 unspecified atom stereocenters. The van der Waals surface area contributed by atoms with Crippen molar-refractivity contribution in [2.45, 2.75) is 51.5 Å². The van der Waals surface area contributed by atoms with Gasteiger partial charge in [-0.15, -0.1) is 0 Å². The smallest absolute Gasteiger partial charge is 0.0615 e. The van der Waals surface area contributed by atoms with E-state index in [9.17, 15) is 5.11 Å². The lowest BCUT2D eigenvalue weighted by atomic mass is 9.89. The second kappa shape index (κ2) is 4.97. The van der Waals surface area contributed by atoms with Crippen LogP contribution in [0.3, 0.4) is 0 Å². The lowest BCUT2D eigenvalue weighted by molar-refractivity contribution is 0.00961. The molecule has 0 aromatic rings. The van der Waals surface area contributed by atoms with Gasteiger partial charge in [0.05, 0.1) is 6.61 Å². The topological polar surface area (TPSA) is 23.5 Å². The molecule has 0 radical (unpaired) electrons. The normalized spacial score (nSPS) is 20.5. The highest BCUT2D eigenvalue weighted by molar-refractivity contribution is 4.89. The molecular weight excluding hydrogens is 162 g/mol. The number of likely N-dealkylation sites (tertiary alicyclic amines) is 1. The largest absolute Gasteiger partial charge is 0.394 e. The number of piperidine rings is 1. The van der Waals surface area contributed by atoms with Crippen molar-refractivity contribution in [2.75, 3.05) is 19.7 Å². The number of nitrogens with zero attached hydrogens (tertiary/aromatic N) is 1. The fourth-order valence-corrected chi connectivity index (χ4v) is 2.39. The maximum atomic E-state index is 9.49. The molecule has 0 aliphatic carbocycles. The van der Waals surface area contributed by atoms with Crippen LogP contribution >= 0.6 is 0 Å². The van der Waals surface area contributed by atoms with Crippen LogP contribution in [0.1, 0.15) is 46.0 Å². The van der Waals surface area contributed by atoms with Crippen molar-refractivity contribution in [3.05, 3.63) is 0 Å². The molecule has 2 heteroatoms. The van der Waals surface area contributed by atoms with Crippen LogP contribution in [0.4, 0.5) is 0 Å². The molecule has 78 valence electrons. The van der Waals surface area contributed by atoms with Crippen LogP contribution in [-0.4, -0.2) is 35.2 Å². The summed E-state index contributed by atoms with van der Waals surface area (Å²) < 4.78 is 0. The molecule has 13 heavy (non-hydrogen) atoms. The van der Waals surface area contributed by atoms with E-state index >= 15 is 0 Å². The Bertz CT molecular complexity index is 129. The zero-order valence-electron chi connectivity index (χ0n) is 9.05. The highest BCUT2D eigenvalue weighted by Gasteiger charge is 2.32. The quantitative estimate of drug-likeness (QED) is 0.724. The molecule has 1 heterocycles. The summed E-state index contributed by atoms with van der Waals surface area (Å²) in [5.74, 6) is 0. The lowest BCUT2D eigenvalue weighted by Crippen LogP contribution is -2.52. The van der Waals surface area contributed by atoms with Gasteiger partial charge in [0.25, 0.3) is 0 Å². The van der Waals surface area contributed by atoms with Crippen LogP contribution < -0.4 is 0 Å². The van der Waals surface area contributed by atoms with E-state index in [0.717, 1.165) is 12.8 Å². The molecule has 0 aromatic heterocycles. The van der Waals surface area contributed by atoms with E-state index in [2.05, 4.69) is 18.7 Å². The Morgan fingerprint density at radius 2 is 1.62 bits per heavy atom. The van der Waals surface area contributed by atoms with Crippen molar-refractivity contribution in [1.82, 2.24) is 4.90 Å². The third-order valence-electron chi connectivity index (χ3n) is 3.64. The number of rotatable bonds is 4. The molecule has 0 saturated carbocycles. The third kappa shape index (κ3) is 2.23. The zero-order valence-corrected chi connectivity index (χ0v) is 9.05. The van der Waals surface area contributed by atoms with Crippen LogP contribution in [0, 0.1) is 0 Å². The van der Waals surface area contributed by atoms with Crippen molar-refractivity contribution >= 4 is 0 Å². The maximum absolute atomic E-state index is 9.49. The Labute approximate surface area is 81.9 Å². The number of hydrogen-bond donors (Lipinski definition) is 1. The minimum atomic E-state index is 0.0838. The first-order valence-electron chi connectivity index (χ1n) is 5.65. The van der Waals surface area contributed by atoms with Crippen LogP contribution in [0.2, 0.25) is 0 Å². The Balaban J connectivity index is 2.60. The molecule has 0 spiro atoms. The first kappa shape index (κ1) is 11.0. The molecule has 1 rings (SSSR count). The molecule has 0 atom stereocenters. The minimum Gasteiger partial charge on any atom is -0.394 e. The van der Waals surface area contributed by atoms with Crippen LogP contribution in [0.15, 0.2) is 0 Å². The average molecular weight is 185 g/mol. The summed E-state index contributed by atoms with van der Waals surface area (Å²) in [6, 6.07) is 0. The number of aliphatic hydroxyl groups excluding tert-OH is 1. The average Bonchev–Trinajstić information content (AvgIpc) is 2.23. The predicted molar refractivity (Wildman–Crippen MR) is 55.8 cm³/mol. The van der Waals surface area contributed by atoms with E-state index in [1.54, 1.807) is 0 Å². The Hall–Kier alpha value is -0.0800. The van der Waals surface area contributed by atoms with Gasteiger partial charge in [0, 0.05) is 5.54 Å². The lowest BCUT2D eigenvalue weighted by Gasteiger charge is -2.44. The van der Waals surface area contributed by atoms with Crippen molar-refractivity contribution in [3.63, 3.8) is 0 Å². The number of hydrogen-bond acceptors (Lipinski definition) is 2. The van der Waals surface area contributed by atoms with Gasteiger partial charge in [-0.05, 0) is 38.8 Å². The molecule has 0 bridgehead atoms. The van der Waals surface area contributed by atoms with Crippen molar-refractivity contribution in [2.24, 2.45) is 0 Å². The zero-order chi connectivity index (χ0) is 9.73. The summed E-state index contributed by atoms with van der Waals surface area (Å²) >= 11 is 0. The van der Waals surface area contributed by atoms with Gasteiger partial charge in [-0.25, -0.2) is 0 Å². The summed E-state index contributed by atoms with van der Waals surface area (Å²) in [6.07, 6.45) is 6.12. The van der Waals surface area contributed by atoms with Gasteiger partial charge < -0.3 is 5.11 Å². The fraction of sp³-hybridized carbons (Fsp3) is 1.00. The van der Waals surface area contributed by atoms with Crippen LogP contribution in [0.25, 0.3) is 0 Å². The van der Waals surface area contributed by atoms with Crippen LogP contribution in [-0.2, 0) is 0 Å². The van der Waals surface area contributed by atoms with Gasteiger partial charge in [0.1, 0.15) is 0 Å². The Kier molecular flexibility index (Phi) is 4.20. The fourth-order valence-electron chi connectivity index (χ4n) is 2.39. The maximum Gasteiger partial charge on any atom is 0.0615 e. The van der Waals surface area contributed by atoms with E-state index in [-0.39, 0.29) is 5.54 Å². The summed E-state index contributed by atoms with van der Waals surface area (Å²) in [5.41, 5.74) is 0.0838. The summed E-state index contributed by atoms with van der Waals surface area (Å²) in [6.45, 7) is 7.06. The molecule has 1 N–H and O–H groups in total. The molecule has 0 aromatic carbocycles. The predicted octanol–water partition coefficient (Wildman–Crippen LogP) is 2.02. The highest BCUT2D eigenvalue weighted by Crippen LogP contribution is 2.26. The Morgan fingerprint density at radius 3 is 2.00 bits per heavy atom. The molecule has 1 fully saturated rings.